The Labute approximate surface area is 111 Å². The largest absolute Gasteiger partial charge is 0.273 e. The van der Waals surface area contributed by atoms with Crippen molar-refractivity contribution in [1.82, 2.24) is 5.43 Å². The second-order valence-electron chi connectivity index (χ2n) is 5.58. The fourth-order valence-corrected chi connectivity index (χ4v) is 2.45. The number of nitrogens with one attached hydrogen (secondary N) is 1. The van der Waals surface area contributed by atoms with E-state index in [1.165, 1.54) is 37.8 Å². The lowest BCUT2D eigenvalue weighted by Crippen LogP contribution is -2.21. The molecule has 1 unspecified atom stereocenters. The Morgan fingerprint density at radius 3 is 2.83 bits per heavy atom. The van der Waals surface area contributed by atoms with E-state index in [-0.39, 0.29) is 5.91 Å². The van der Waals surface area contributed by atoms with Crippen LogP contribution in [0.5, 0.6) is 0 Å². The summed E-state index contributed by atoms with van der Waals surface area (Å²) in [4.78, 5) is 11.6. The highest BCUT2D eigenvalue weighted by atomic mass is 16.2. The minimum Gasteiger partial charge on any atom is -0.273 e. The van der Waals surface area contributed by atoms with E-state index in [1.807, 2.05) is 0 Å². The van der Waals surface area contributed by atoms with Gasteiger partial charge in [0.1, 0.15) is 0 Å². The van der Waals surface area contributed by atoms with Gasteiger partial charge in [-0.05, 0) is 38.0 Å². The molecule has 1 N–H and O–H groups in total. The lowest BCUT2D eigenvalue weighted by molar-refractivity contribution is -0.121. The summed E-state index contributed by atoms with van der Waals surface area (Å²) in [7, 11) is 0. The first-order valence-electron chi connectivity index (χ1n) is 7.56. The highest BCUT2D eigenvalue weighted by Crippen LogP contribution is 2.20. The molecule has 104 valence electrons. The van der Waals surface area contributed by atoms with Crippen LogP contribution in [0.25, 0.3) is 0 Å². The summed E-state index contributed by atoms with van der Waals surface area (Å²) in [5.74, 6) is 0.806. The van der Waals surface area contributed by atoms with E-state index in [0.717, 1.165) is 31.6 Å². The number of hydrazone groups is 1. The maximum absolute atomic E-state index is 11.6. The molecule has 0 saturated heterocycles. The summed E-state index contributed by atoms with van der Waals surface area (Å²) in [6.45, 7) is 4.46. The van der Waals surface area contributed by atoms with Crippen molar-refractivity contribution in [3.05, 3.63) is 0 Å². The van der Waals surface area contributed by atoms with Crippen LogP contribution in [0.4, 0.5) is 0 Å². The van der Waals surface area contributed by atoms with E-state index in [1.54, 1.807) is 0 Å². The molecule has 3 nitrogen and oxygen atoms in total. The van der Waals surface area contributed by atoms with Crippen LogP contribution in [0, 0.1) is 5.92 Å². The summed E-state index contributed by atoms with van der Waals surface area (Å²) in [6, 6.07) is 0. The van der Waals surface area contributed by atoms with E-state index in [9.17, 15) is 4.79 Å². The van der Waals surface area contributed by atoms with Crippen molar-refractivity contribution in [3.8, 4) is 0 Å². The molecule has 3 heteroatoms. The van der Waals surface area contributed by atoms with E-state index < -0.39 is 0 Å². The summed E-state index contributed by atoms with van der Waals surface area (Å²) in [5, 5.41) is 4.27. The number of hydrogen-bond donors (Lipinski definition) is 1. The summed E-state index contributed by atoms with van der Waals surface area (Å²) in [6.07, 6.45) is 11.2. The van der Waals surface area contributed by atoms with Gasteiger partial charge in [-0.2, -0.15) is 5.10 Å². The van der Waals surface area contributed by atoms with Gasteiger partial charge in [-0.25, -0.2) is 5.43 Å². The molecule has 1 amide bonds. The zero-order valence-corrected chi connectivity index (χ0v) is 12.0. The van der Waals surface area contributed by atoms with E-state index in [0.29, 0.717) is 6.42 Å². The van der Waals surface area contributed by atoms with Gasteiger partial charge in [-0.3, -0.25) is 4.79 Å². The number of hydrogen-bond acceptors (Lipinski definition) is 2. The lowest BCUT2D eigenvalue weighted by atomic mass is 9.89. The molecule has 1 aliphatic carbocycles. The van der Waals surface area contributed by atoms with E-state index in [4.69, 9.17) is 0 Å². The summed E-state index contributed by atoms with van der Waals surface area (Å²) >= 11 is 0. The van der Waals surface area contributed by atoms with Crippen molar-refractivity contribution in [3.63, 3.8) is 0 Å². The predicted molar refractivity (Wildman–Crippen MR) is 76.6 cm³/mol. The van der Waals surface area contributed by atoms with Crippen molar-refractivity contribution < 1.29 is 4.79 Å². The SMILES string of the molecule is CCCCCCCC(=O)N/N=C1/CCCC(C)C1. The minimum atomic E-state index is 0.0808. The number of carbonyl (C=O) groups excluding carboxylic acids is 1. The van der Waals surface area contributed by atoms with E-state index in [2.05, 4.69) is 24.4 Å². The number of rotatable bonds is 7. The average Bonchev–Trinajstić information content (AvgIpc) is 2.36. The molecule has 0 heterocycles. The fourth-order valence-electron chi connectivity index (χ4n) is 2.45. The summed E-state index contributed by atoms with van der Waals surface area (Å²) < 4.78 is 0. The molecule has 1 aliphatic rings. The molecule has 18 heavy (non-hydrogen) atoms. The molecule has 0 radical (unpaired) electrons. The van der Waals surface area contributed by atoms with Crippen LogP contribution < -0.4 is 5.43 Å². The molecule has 0 aromatic carbocycles. The van der Waals surface area contributed by atoms with Crippen molar-refractivity contribution in [2.24, 2.45) is 11.0 Å². The second kappa shape index (κ2) is 9.12. The molecule has 0 bridgehead atoms. The summed E-state index contributed by atoms with van der Waals surface area (Å²) in [5.41, 5.74) is 3.89. The number of unbranched alkanes of at least 4 members (excludes halogenated alkanes) is 4. The Hall–Kier alpha value is -0.860. The third kappa shape index (κ3) is 6.77. The molecule has 1 saturated carbocycles. The van der Waals surface area contributed by atoms with Gasteiger partial charge in [0, 0.05) is 12.1 Å². The molecule has 1 fully saturated rings. The minimum absolute atomic E-state index is 0.0808. The standard InChI is InChI=1S/C15H28N2O/c1-3-4-5-6-7-11-15(18)17-16-14-10-8-9-13(2)12-14/h13H,3-12H2,1-2H3,(H,17,18)/b16-14-. The zero-order chi connectivity index (χ0) is 13.2. The maximum atomic E-state index is 11.6. The van der Waals surface area contributed by atoms with Gasteiger partial charge >= 0.3 is 0 Å². The van der Waals surface area contributed by atoms with Gasteiger partial charge in [0.2, 0.25) is 5.91 Å². The van der Waals surface area contributed by atoms with Gasteiger partial charge in [-0.15, -0.1) is 0 Å². The molecule has 0 aromatic heterocycles. The van der Waals surface area contributed by atoms with Crippen molar-refractivity contribution in [2.45, 2.75) is 78.1 Å². The van der Waals surface area contributed by atoms with Gasteiger partial charge in [0.05, 0.1) is 0 Å². The number of nitrogens with zero attached hydrogens (tertiary/aromatic N) is 1. The third-order valence-electron chi connectivity index (χ3n) is 3.59. The normalized spacial score (nSPS) is 22.1. The Morgan fingerprint density at radius 1 is 1.33 bits per heavy atom. The highest BCUT2D eigenvalue weighted by molar-refractivity contribution is 5.87. The molecule has 0 aromatic rings. The molecule has 0 spiro atoms. The lowest BCUT2D eigenvalue weighted by Gasteiger charge is -2.18. The monoisotopic (exact) mass is 252 g/mol. The quantitative estimate of drug-likeness (QED) is 0.539. The maximum Gasteiger partial charge on any atom is 0.240 e. The number of amides is 1. The molecular weight excluding hydrogens is 224 g/mol. The van der Waals surface area contributed by atoms with Crippen LogP contribution in [-0.2, 0) is 4.79 Å². The first-order valence-corrected chi connectivity index (χ1v) is 7.56. The predicted octanol–water partition coefficient (Wildman–Crippen LogP) is 4.03. The molecule has 0 aliphatic heterocycles. The van der Waals surface area contributed by atoms with E-state index >= 15 is 0 Å². The van der Waals surface area contributed by atoms with Crippen LogP contribution in [0.3, 0.4) is 0 Å². The Balaban J connectivity index is 2.10. The van der Waals surface area contributed by atoms with Gasteiger partial charge in [-0.1, -0.05) is 39.5 Å². The fraction of sp³-hybridized carbons (Fsp3) is 0.867. The average molecular weight is 252 g/mol. The Kier molecular flexibility index (Phi) is 7.70. The Morgan fingerprint density at radius 2 is 2.11 bits per heavy atom. The topological polar surface area (TPSA) is 41.5 Å². The molecular formula is C15H28N2O. The van der Waals surface area contributed by atoms with Crippen molar-refractivity contribution >= 4 is 11.6 Å². The zero-order valence-electron chi connectivity index (χ0n) is 12.0. The van der Waals surface area contributed by atoms with Crippen LogP contribution in [0.15, 0.2) is 5.10 Å². The smallest absolute Gasteiger partial charge is 0.240 e. The number of carbonyl (C=O) groups is 1. The third-order valence-corrected chi connectivity index (χ3v) is 3.59. The van der Waals surface area contributed by atoms with Gasteiger partial charge in [0.25, 0.3) is 0 Å². The van der Waals surface area contributed by atoms with Crippen molar-refractivity contribution in [2.75, 3.05) is 0 Å². The highest BCUT2D eigenvalue weighted by Gasteiger charge is 2.14. The molecule has 1 atom stereocenters. The van der Waals surface area contributed by atoms with Crippen molar-refractivity contribution in [1.29, 1.82) is 0 Å². The molecule has 1 rings (SSSR count). The Bertz CT molecular complexity index is 274. The van der Waals surface area contributed by atoms with Crippen LogP contribution >= 0.6 is 0 Å². The van der Waals surface area contributed by atoms with Gasteiger partial charge in [0.15, 0.2) is 0 Å². The van der Waals surface area contributed by atoms with Crippen LogP contribution in [0.1, 0.15) is 78.1 Å². The first-order chi connectivity index (χ1) is 8.72. The van der Waals surface area contributed by atoms with Crippen LogP contribution in [0.2, 0.25) is 0 Å². The van der Waals surface area contributed by atoms with Crippen LogP contribution in [-0.4, -0.2) is 11.6 Å². The van der Waals surface area contributed by atoms with Gasteiger partial charge < -0.3 is 0 Å². The first kappa shape index (κ1) is 15.2. The second-order valence-corrected chi connectivity index (χ2v) is 5.58.